The molecule has 5 heteroatoms. The zero-order valence-corrected chi connectivity index (χ0v) is 13.2. The van der Waals surface area contributed by atoms with Crippen molar-refractivity contribution in [3.05, 3.63) is 60.2 Å². The van der Waals surface area contributed by atoms with Crippen LogP contribution in [0.4, 0.5) is 5.69 Å². The van der Waals surface area contributed by atoms with Crippen LogP contribution >= 0.6 is 0 Å². The number of rotatable bonds is 6. The van der Waals surface area contributed by atoms with Crippen molar-refractivity contribution in [2.24, 2.45) is 0 Å². The molecule has 0 unspecified atom stereocenters. The van der Waals surface area contributed by atoms with E-state index in [1.165, 1.54) is 11.3 Å². The number of anilines is 1. The summed E-state index contributed by atoms with van der Waals surface area (Å²) >= 11 is 0. The van der Waals surface area contributed by atoms with Crippen molar-refractivity contribution in [2.45, 2.75) is 25.4 Å². The van der Waals surface area contributed by atoms with Crippen molar-refractivity contribution in [2.75, 3.05) is 11.4 Å². The van der Waals surface area contributed by atoms with E-state index >= 15 is 0 Å². The van der Waals surface area contributed by atoms with Gasteiger partial charge in [-0.2, -0.15) is 0 Å². The number of aliphatic carboxylic acids is 1. The molecule has 2 aromatic carbocycles. The average molecular weight is 325 g/mol. The fourth-order valence-corrected chi connectivity index (χ4v) is 2.54. The first-order chi connectivity index (χ1) is 11.6. The summed E-state index contributed by atoms with van der Waals surface area (Å²) < 4.78 is 5.78. The van der Waals surface area contributed by atoms with Crippen molar-refractivity contribution in [3.8, 4) is 5.75 Å². The van der Waals surface area contributed by atoms with Crippen LogP contribution in [0.1, 0.15) is 29.6 Å². The molecule has 24 heavy (non-hydrogen) atoms. The molecule has 1 N–H and O–H groups in total. The molecule has 2 aromatic rings. The Hall–Kier alpha value is -2.82. The Labute approximate surface area is 140 Å². The lowest BCUT2D eigenvalue weighted by Crippen LogP contribution is -2.35. The Morgan fingerprint density at radius 3 is 2.25 bits per heavy atom. The highest BCUT2D eigenvalue weighted by Gasteiger charge is 2.21. The molecule has 0 radical (unpaired) electrons. The largest absolute Gasteiger partial charge is 0.490 e. The summed E-state index contributed by atoms with van der Waals surface area (Å²) in [6.07, 6.45) is 3.62. The Morgan fingerprint density at radius 1 is 1.04 bits per heavy atom. The summed E-state index contributed by atoms with van der Waals surface area (Å²) in [5.74, 6) is -0.670. The van der Waals surface area contributed by atoms with E-state index in [1.807, 2.05) is 6.07 Å². The van der Waals surface area contributed by atoms with Crippen LogP contribution in [-0.4, -0.2) is 29.6 Å². The molecule has 0 atom stereocenters. The molecule has 3 rings (SSSR count). The highest BCUT2D eigenvalue weighted by molar-refractivity contribution is 6.08. The quantitative estimate of drug-likeness (QED) is 0.884. The zero-order chi connectivity index (χ0) is 16.9. The van der Waals surface area contributed by atoms with E-state index in [1.54, 1.807) is 48.5 Å². The van der Waals surface area contributed by atoms with Crippen molar-refractivity contribution in [1.82, 2.24) is 0 Å². The number of hydrogen-bond acceptors (Lipinski definition) is 3. The number of nitrogens with zero attached hydrogens (tertiary/aromatic N) is 1. The Bertz CT molecular complexity index is 708. The van der Waals surface area contributed by atoms with Crippen LogP contribution in [0.3, 0.4) is 0 Å². The third kappa shape index (κ3) is 3.74. The second-order valence-electron chi connectivity index (χ2n) is 5.82. The number of carbonyl (C=O) groups excluding carboxylic acids is 1. The summed E-state index contributed by atoms with van der Waals surface area (Å²) in [5.41, 5.74) is 0.987. The predicted octanol–water partition coefficient (Wildman–Crippen LogP) is 3.35. The molecular formula is C19H19NO4. The molecule has 0 aliphatic heterocycles. The summed E-state index contributed by atoms with van der Waals surface area (Å²) in [4.78, 5) is 25.1. The second-order valence-corrected chi connectivity index (χ2v) is 5.82. The van der Waals surface area contributed by atoms with Gasteiger partial charge in [0.15, 0.2) is 0 Å². The van der Waals surface area contributed by atoms with Gasteiger partial charge in [-0.15, -0.1) is 0 Å². The van der Waals surface area contributed by atoms with E-state index < -0.39 is 5.97 Å². The molecule has 0 heterocycles. The average Bonchev–Trinajstić information content (AvgIpc) is 2.56. The van der Waals surface area contributed by atoms with Gasteiger partial charge >= 0.3 is 5.97 Å². The lowest BCUT2D eigenvalue weighted by molar-refractivity contribution is -0.135. The van der Waals surface area contributed by atoms with Gasteiger partial charge in [0.1, 0.15) is 12.3 Å². The van der Waals surface area contributed by atoms with E-state index in [2.05, 4.69) is 0 Å². The number of carboxylic acid groups (broad SMARTS) is 1. The smallest absolute Gasteiger partial charge is 0.323 e. The maximum Gasteiger partial charge on any atom is 0.323 e. The second kappa shape index (κ2) is 7.17. The molecule has 5 nitrogen and oxygen atoms in total. The highest BCUT2D eigenvalue weighted by atomic mass is 16.5. The van der Waals surface area contributed by atoms with Gasteiger partial charge in [0.2, 0.25) is 0 Å². The van der Waals surface area contributed by atoms with Gasteiger partial charge in [-0.25, -0.2) is 0 Å². The number of carboxylic acids is 1. The molecule has 0 spiro atoms. The van der Waals surface area contributed by atoms with E-state index in [4.69, 9.17) is 9.84 Å². The summed E-state index contributed by atoms with van der Waals surface area (Å²) in [7, 11) is 0. The number of hydrogen-bond donors (Lipinski definition) is 1. The van der Waals surface area contributed by atoms with E-state index in [9.17, 15) is 9.59 Å². The number of benzene rings is 2. The third-order valence-electron chi connectivity index (χ3n) is 4.06. The topological polar surface area (TPSA) is 66.8 Å². The van der Waals surface area contributed by atoms with E-state index in [0.717, 1.165) is 18.6 Å². The lowest BCUT2D eigenvalue weighted by atomic mass is 9.96. The molecule has 1 amide bonds. The van der Waals surface area contributed by atoms with Crippen LogP contribution < -0.4 is 9.64 Å². The molecule has 1 aliphatic rings. The summed E-state index contributed by atoms with van der Waals surface area (Å²) in [6.45, 7) is -0.386. The standard InChI is InChI=1S/C19H19NO4/c21-18(22)13-20(15-5-2-1-3-6-15)19(23)14-9-11-17(12-10-14)24-16-7-4-8-16/h1-3,5-6,9-12,16H,4,7-8,13H2,(H,21,22). The van der Waals surface area contributed by atoms with E-state index in [-0.39, 0.29) is 18.6 Å². The minimum Gasteiger partial charge on any atom is -0.490 e. The normalized spacial score (nSPS) is 13.8. The first kappa shape index (κ1) is 16.1. The van der Waals surface area contributed by atoms with Crippen LogP contribution in [0, 0.1) is 0 Å². The third-order valence-corrected chi connectivity index (χ3v) is 4.06. The van der Waals surface area contributed by atoms with Crippen molar-refractivity contribution >= 4 is 17.6 Å². The maximum atomic E-state index is 12.7. The van der Waals surface area contributed by atoms with Gasteiger partial charge in [0.05, 0.1) is 6.10 Å². The van der Waals surface area contributed by atoms with Crippen molar-refractivity contribution < 1.29 is 19.4 Å². The first-order valence-electron chi connectivity index (χ1n) is 7.99. The Balaban J connectivity index is 1.77. The first-order valence-corrected chi connectivity index (χ1v) is 7.99. The highest BCUT2D eigenvalue weighted by Crippen LogP contribution is 2.25. The van der Waals surface area contributed by atoms with Crippen LogP contribution in [0.5, 0.6) is 5.75 Å². The van der Waals surface area contributed by atoms with Gasteiger partial charge in [-0.05, 0) is 55.7 Å². The van der Waals surface area contributed by atoms with Gasteiger partial charge in [0.25, 0.3) is 5.91 Å². The lowest BCUT2D eigenvalue weighted by Gasteiger charge is -2.26. The monoisotopic (exact) mass is 325 g/mol. The minimum atomic E-state index is -1.06. The number of ether oxygens (including phenoxy) is 1. The molecule has 1 fully saturated rings. The van der Waals surface area contributed by atoms with Crippen molar-refractivity contribution in [3.63, 3.8) is 0 Å². The molecular weight excluding hydrogens is 306 g/mol. The predicted molar refractivity (Wildman–Crippen MR) is 90.5 cm³/mol. The summed E-state index contributed by atoms with van der Waals surface area (Å²) in [5, 5.41) is 9.10. The molecule has 1 aliphatic carbocycles. The number of para-hydroxylation sites is 1. The zero-order valence-electron chi connectivity index (χ0n) is 13.2. The molecule has 1 saturated carbocycles. The fourth-order valence-electron chi connectivity index (χ4n) is 2.54. The van der Waals surface area contributed by atoms with Crippen molar-refractivity contribution in [1.29, 1.82) is 0 Å². The van der Waals surface area contributed by atoms with Gasteiger partial charge < -0.3 is 9.84 Å². The summed E-state index contributed by atoms with van der Waals surface area (Å²) in [6, 6.07) is 15.7. The van der Waals surface area contributed by atoms with Gasteiger partial charge in [0, 0.05) is 11.3 Å². The van der Waals surface area contributed by atoms with Crippen LogP contribution in [0.15, 0.2) is 54.6 Å². The Morgan fingerprint density at radius 2 is 1.71 bits per heavy atom. The van der Waals surface area contributed by atoms with Gasteiger partial charge in [-0.1, -0.05) is 18.2 Å². The molecule has 0 aromatic heterocycles. The number of carbonyl (C=O) groups is 2. The molecule has 0 saturated heterocycles. The minimum absolute atomic E-state index is 0.277. The van der Waals surface area contributed by atoms with Crippen LogP contribution in [0.2, 0.25) is 0 Å². The van der Waals surface area contributed by atoms with Crippen LogP contribution in [0.25, 0.3) is 0 Å². The maximum absolute atomic E-state index is 12.7. The fraction of sp³-hybridized carbons (Fsp3) is 0.263. The van der Waals surface area contributed by atoms with E-state index in [0.29, 0.717) is 11.3 Å². The number of amides is 1. The molecule has 0 bridgehead atoms. The van der Waals surface area contributed by atoms with Gasteiger partial charge in [-0.3, -0.25) is 14.5 Å². The SMILES string of the molecule is O=C(O)CN(C(=O)c1ccc(OC2CCC2)cc1)c1ccccc1. The Kier molecular flexibility index (Phi) is 4.79. The van der Waals surface area contributed by atoms with Crippen LogP contribution in [-0.2, 0) is 4.79 Å². The molecule has 124 valence electrons.